The summed E-state index contributed by atoms with van der Waals surface area (Å²) in [5.41, 5.74) is 1.40. The fourth-order valence-corrected chi connectivity index (χ4v) is 4.60. The first-order valence-corrected chi connectivity index (χ1v) is 11.2. The minimum atomic E-state index is -3.54. The highest BCUT2D eigenvalue weighted by molar-refractivity contribution is 7.89. The summed E-state index contributed by atoms with van der Waals surface area (Å²) in [4.78, 5) is 12.3. The lowest BCUT2D eigenvalue weighted by atomic mass is 9.96. The van der Waals surface area contributed by atoms with Crippen molar-refractivity contribution in [3.63, 3.8) is 0 Å². The molecule has 0 bridgehead atoms. The van der Waals surface area contributed by atoms with E-state index >= 15 is 0 Å². The molecule has 0 atom stereocenters. The van der Waals surface area contributed by atoms with Crippen molar-refractivity contribution in [3.8, 4) is 5.75 Å². The molecule has 1 aliphatic rings. The van der Waals surface area contributed by atoms with Gasteiger partial charge in [0.15, 0.2) is 0 Å². The first kappa shape index (κ1) is 21.1. The lowest BCUT2D eigenvalue weighted by molar-refractivity contribution is -0.111. The van der Waals surface area contributed by atoms with E-state index in [0.717, 1.165) is 37.0 Å². The molecule has 2 N–H and O–H groups in total. The molecule has 3 rings (SSSR count). The number of carbonyl (C=O) groups excluding carboxylic acids is 1. The Morgan fingerprint density at radius 3 is 2.28 bits per heavy atom. The number of ether oxygens (including phenoxy) is 1. The van der Waals surface area contributed by atoms with Gasteiger partial charge in [0, 0.05) is 17.8 Å². The molecule has 7 heteroatoms. The minimum absolute atomic E-state index is 0.0104. The zero-order valence-corrected chi connectivity index (χ0v) is 17.2. The van der Waals surface area contributed by atoms with Crippen LogP contribution in [-0.4, -0.2) is 27.5 Å². The topological polar surface area (TPSA) is 84.5 Å². The van der Waals surface area contributed by atoms with Gasteiger partial charge in [-0.1, -0.05) is 31.4 Å². The third-order valence-electron chi connectivity index (χ3n) is 4.90. The van der Waals surface area contributed by atoms with E-state index < -0.39 is 10.0 Å². The number of sulfonamides is 1. The Morgan fingerprint density at radius 2 is 1.66 bits per heavy atom. The smallest absolute Gasteiger partial charge is 0.248 e. The predicted octanol–water partition coefficient (Wildman–Crippen LogP) is 3.96. The number of hydrogen-bond acceptors (Lipinski definition) is 4. The fraction of sp³-hybridized carbons (Fsp3) is 0.318. The van der Waals surface area contributed by atoms with E-state index in [1.807, 2.05) is 24.3 Å². The number of rotatable bonds is 7. The van der Waals surface area contributed by atoms with Crippen LogP contribution >= 0.6 is 0 Å². The Morgan fingerprint density at radius 1 is 1.00 bits per heavy atom. The molecule has 1 saturated carbocycles. The molecule has 0 spiro atoms. The van der Waals surface area contributed by atoms with Crippen molar-refractivity contribution in [2.24, 2.45) is 0 Å². The Kier molecular flexibility index (Phi) is 7.06. The average Bonchev–Trinajstić information content (AvgIpc) is 2.73. The quantitative estimate of drug-likeness (QED) is 0.672. The molecule has 1 fully saturated rings. The second kappa shape index (κ2) is 9.71. The SMILES string of the molecule is COc1ccc(/C=C/C(=O)Nc2ccc(S(=O)(=O)NC3CCCCC3)cc2)cc1. The van der Waals surface area contributed by atoms with Crippen LogP contribution in [0.1, 0.15) is 37.7 Å². The normalized spacial score (nSPS) is 15.3. The summed E-state index contributed by atoms with van der Waals surface area (Å²) in [7, 11) is -1.95. The molecule has 2 aromatic carbocycles. The van der Waals surface area contributed by atoms with Crippen LogP contribution in [-0.2, 0) is 14.8 Å². The maximum Gasteiger partial charge on any atom is 0.248 e. The molecule has 1 aliphatic carbocycles. The number of nitrogens with one attached hydrogen (secondary N) is 2. The number of amides is 1. The number of benzene rings is 2. The Hall–Kier alpha value is -2.64. The highest BCUT2D eigenvalue weighted by Crippen LogP contribution is 2.21. The van der Waals surface area contributed by atoms with E-state index in [1.54, 1.807) is 25.3 Å². The molecular formula is C22H26N2O4S. The van der Waals surface area contributed by atoms with Crippen molar-refractivity contribution < 1.29 is 17.9 Å². The van der Waals surface area contributed by atoms with Crippen LogP contribution in [0.25, 0.3) is 6.08 Å². The van der Waals surface area contributed by atoms with Gasteiger partial charge in [-0.15, -0.1) is 0 Å². The Bertz CT molecular complexity index is 945. The van der Waals surface area contributed by atoms with E-state index in [1.165, 1.54) is 24.6 Å². The third-order valence-corrected chi connectivity index (χ3v) is 6.44. The lowest BCUT2D eigenvalue weighted by Crippen LogP contribution is -2.36. The van der Waals surface area contributed by atoms with Gasteiger partial charge in [0.1, 0.15) is 5.75 Å². The number of anilines is 1. The summed E-state index contributed by atoms with van der Waals surface area (Å²) >= 11 is 0. The van der Waals surface area contributed by atoms with Crippen molar-refractivity contribution in [1.82, 2.24) is 4.72 Å². The van der Waals surface area contributed by atoms with Crippen LogP contribution in [0.15, 0.2) is 59.5 Å². The van der Waals surface area contributed by atoms with Crippen molar-refractivity contribution >= 4 is 27.7 Å². The molecule has 6 nitrogen and oxygen atoms in total. The van der Waals surface area contributed by atoms with E-state index in [-0.39, 0.29) is 16.8 Å². The van der Waals surface area contributed by atoms with Gasteiger partial charge in [-0.2, -0.15) is 0 Å². The summed E-state index contributed by atoms with van der Waals surface area (Å²) < 4.78 is 32.9. The van der Waals surface area contributed by atoms with Gasteiger partial charge in [0.2, 0.25) is 15.9 Å². The van der Waals surface area contributed by atoms with E-state index in [0.29, 0.717) is 5.69 Å². The molecular weight excluding hydrogens is 388 g/mol. The summed E-state index contributed by atoms with van der Waals surface area (Å²) in [6.45, 7) is 0. The average molecular weight is 415 g/mol. The maximum atomic E-state index is 12.5. The molecule has 2 aromatic rings. The van der Waals surface area contributed by atoms with Gasteiger partial charge >= 0.3 is 0 Å². The number of hydrogen-bond donors (Lipinski definition) is 2. The second-order valence-electron chi connectivity index (χ2n) is 7.08. The van der Waals surface area contributed by atoms with Gasteiger partial charge in [-0.3, -0.25) is 4.79 Å². The van der Waals surface area contributed by atoms with Gasteiger partial charge in [0.25, 0.3) is 0 Å². The number of methoxy groups -OCH3 is 1. The van der Waals surface area contributed by atoms with Crippen molar-refractivity contribution in [1.29, 1.82) is 0 Å². The van der Waals surface area contributed by atoms with Crippen molar-refractivity contribution in [2.75, 3.05) is 12.4 Å². The first-order valence-electron chi connectivity index (χ1n) is 9.72. The van der Waals surface area contributed by atoms with Gasteiger partial charge < -0.3 is 10.1 Å². The summed E-state index contributed by atoms with van der Waals surface area (Å²) in [6, 6.07) is 13.5. The molecule has 0 unspecified atom stereocenters. The van der Waals surface area contributed by atoms with Crippen LogP contribution < -0.4 is 14.8 Å². The van der Waals surface area contributed by atoms with E-state index in [9.17, 15) is 13.2 Å². The Labute approximate surface area is 172 Å². The molecule has 154 valence electrons. The highest BCUT2D eigenvalue weighted by atomic mass is 32.2. The van der Waals surface area contributed by atoms with Gasteiger partial charge in [-0.05, 0) is 60.9 Å². The van der Waals surface area contributed by atoms with E-state index in [2.05, 4.69) is 10.0 Å². The third kappa shape index (κ3) is 6.17. The first-order chi connectivity index (χ1) is 14.0. The van der Waals surface area contributed by atoms with Crippen molar-refractivity contribution in [2.45, 2.75) is 43.0 Å². The van der Waals surface area contributed by atoms with Crippen LogP contribution in [0.3, 0.4) is 0 Å². The maximum absolute atomic E-state index is 12.5. The summed E-state index contributed by atoms with van der Waals surface area (Å²) in [5.74, 6) is 0.455. The zero-order valence-electron chi connectivity index (χ0n) is 16.4. The van der Waals surface area contributed by atoms with Gasteiger partial charge in [0.05, 0.1) is 12.0 Å². The fourth-order valence-electron chi connectivity index (χ4n) is 3.30. The Balaban J connectivity index is 1.57. The number of carbonyl (C=O) groups is 1. The van der Waals surface area contributed by atoms with Crippen molar-refractivity contribution in [3.05, 3.63) is 60.2 Å². The lowest BCUT2D eigenvalue weighted by Gasteiger charge is -2.22. The van der Waals surface area contributed by atoms with E-state index in [4.69, 9.17) is 4.74 Å². The van der Waals surface area contributed by atoms with Crippen LogP contribution in [0.2, 0.25) is 0 Å². The molecule has 29 heavy (non-hydrogen) atoms. The van der Waals surface area contributed by atoms with Gasteiger partial charge in [-0.25, -0.2) is 13.1 Å². The molecule has 0 heterocycles. The molecule has 0 aliphatic heterocycles. The molecule has 0 aromatic heterocycles. The van der Waals surface area contributed by atoms with Crippen LogP contribution in [0.4, 0.5) is 5.69 Å². The minimum Gasteiger partial charge on any atom is -0.497 e. The second-order valence-corrected chi connectivity index (χ2v) is 8.79. The van der Waals surface area contributed by atoms with Crippen LogP contribution in [0, 0.1) is 0 Å². The largest absolute Gasteiger partial charge is 0.497 e. The summed E-state index contributed by atoms with van der Waals surface area (Å²) in [6.07, 6.45) is 8.17. The van der Waals surface area contributed by atoms with Crippen LogP contribution in [0.5, 0.6) is 5.75 Å². The predicted molar refractivity (Wildman–Crippen MR) is 114 cm³/mol. The molecule has 0 saturated heterocycles. The molecule has 0 radical (unpaired) electrons. The molecule has 1 amide bonds. The standard InChI is InChI=1S/C22H26N2O4S/c1-28-20-12-7-17(8-13-20)9-16-22(25)23-18-10-14-21(15-11-18)29(26,27)24-19-5-3-2-4-6-19/h7-16,19,24H,2-6H2,1H3,(H,23,25)/b16-9+. The monoisotopic (exact) mass is 414 g/mol. The zero-order chi connectivity index (χ0) is 20.7. The highest BCUT2D eigenvalue weighted by Gasteiger charge is 2.21. The summed E-state index contributed by atoms with van der Waals surface area (Å²) in [5, 5.41) is 2.73.